The molecule has 3 aromatic rings. The number of hydrogen-bond donors (Lipinski definition) is 0. The van der Waals surface area contributed by atoms with Gasteiger partial charge in [-0.1, -0.05) is 39.0 Å². The quantitative estimate of drug-likeness (QED) is 0.525. The number of hydrogen-bond acceptors (Lipinski definition) is 2. The normalized spacial score (nSPS) is 11.9. The van der Waals surface area contributed by atoms with Gasteiger partial charge in [0.15, 0.2) is 0 Å². The Hall–Kier alpha value is -2.29. The van der Waals surface area contributed by atoms with E-state index in [0.29, 0.717) is 0 Å². The van der Waals surface area contributed by atoms with Gasteiger partial charge in [0.2, 0.25) is 0 Å². The fraction of sp³-hybridized carbons (Fsp3) is 0.435. The number of nitrogens with zero attached hydrogens (tertiary/aromatic N) is 2. The molecule has 0 amide bonds. The molecule has 0 aliphatic rings. The van der Waals surface area contributed by atoms with Crippen LogP contribution in [0.2, 0.25) is 0 Å². The highest BCUT2D eigenvalue weighted by molar-refractivity contribution is 5.76. The number of aromatic nitrogens is 2. The second-order valence-corrected chi connectivity index (χ2v) is 8.13. The number of imidazole rings is 1. The molecule has 0 spiro atoms. The van der Waals surface area contributed by atoms with Crippen LogP contribution in [0.1, 0.15) is 50.6 Å². The van der Waals surface area contributed by atoms with Crippen molar-refractivity contribution in [2.24, 2.45) is 0 Å². The molecule has 3 nitrogen and oxygen atoms in total. The number of benzene rings is 2. The van der Waals surface area contributed by atoms with Gasteiger partial charge >= 0.3 is 0 Å². The third-order valence-electron chi connectivity index (χ3n) is 4.85. The van der Waals surface area contributed by atoms with E-state index in [1.54, 1.807) is 0 Å². The third-order valence-corrected chi connectivity index (χ3v) is 4.85. The summed E-state index contributed by atoms with van der Waals surface area (Å²) in [7, 11) is 0. The minimum absolute atomic E-state index is 0.0367. The van der Waals surface area contributed by atoms with E-state index in [1.807, 2.05) is 0 Å². The van der Waals surface area contributed by atoms with Gasteiger partial charge in [0, 0.05) is 12.0 Å². The van der Waals surface area contributed by atoms with Gasteiger partial charge in [-0.05, 0) is 62.1 Å². The van der Waals surface area contributed by atoms with Crippen molar-refractivity contribution in [1.29, 1.82) is 0 Å². The zero-order valence-corrected chi connectivity index (χ0v) is 16.7. The number of ether oxygens (including phenoxy) is 1. The molecule has 2 aromatic carbocycles. The maximum Gasteiger partial charge on any atom is 0.119 e. The Morgan fingerprint density at radius 1 is 0.962 bits per heavy atom. The Morgan fingerprint density at radius 3 is 2.46 bits per heavy atom. The molecule has 26 heavy (non-hydrogen) atoms. The van der Waals surface area contributed by atoms with E-state index >= 15 is 0 Å². The van der Waals surface area contributed by atoms with E-state index < -0.39 is 0 Å². The Kier molecular flexibility index (Phi) is 5.36. The minimum atomic E-state index is 0.0367. The molecule has 0 unspecified atom stereocenters. The second-order valence-electron chi connectivity index (χ2n) is 8.13. The molecule has 3 heteroatoms. The van der Waals surface area contributed by atoms with Crippen LogP contribution in [-0.2, 0) is 12.0 Å². The Morgan fingerprint density at radius 2 is 1.73 bits per heavy atom. The van der Waals surface area contributed by atoms with Crippen molar-refractivity contribution in [1.82, 2.24) is 9.55 Å². The highest BCUT2D eigenvalue weighted by Gasteiger charge is 2.22. The molecule has 3 rings (SSSR count). The van der Waals surface area contributed by atoms with Crippen molar-refractivity contribution in [3.63, 3.8) is 0 Å². The first-order valence-corrected chi connectivity index (χ1v) is 9.52. The molecule has 0 radical (unpaired) electrons. The molecular formula is C23H30N2O. The smallest absolute Gasteiger partial charge is 0.119 e. The van der Waals surface area contributed by atoms with E-state index in [4.69, 9.17) is 9.72 Å². The Balaban J connectivity index is 1.62. The van der Waals surface area contributed by atoms with Crippen molar-refractivity contribution in [3.8, 4) is 5.75 Å². The van der Waals surface area contributed by atoms with Crippen LogP contribution in [0.5, 0.6) is 5.75 Å². The summed E-state index contributed by atoms with van der Waals surface area (Å²) in [6.45, 7) is 12.7. The van der Waals surface area contributed by atoms with Crippen LogP contribution in [0.3, 0.4) is 0 Å². The molecular weight excluding hydrogens is 320 g/mol. The monoisotopic (exact) mass is 350 g/mol. The molecule has 0 bridgehead atoms. The highest BCUT2D eigenvalue weighted by Crippen LogP contribution is 2.26. The summed E-state index contributed by atoms with van der Waals surface area (Å²) in [4.78, 5) is 4.88. The van der Waals surface area contributed by atoms with E-state index in [-0.39, 0.29) is 5.41 Å². The van der Waals surface area contributed by atoms with Crippen molar-refractivity contribution in [2.45, 2.75) is 59.4 Å². The Labute approximate surface area is 157 Å². The fourth-order valence-corrected chi connectivity index (χ4v) is 3.24. The Bertz CT molecular complexity index is 887. The van der Waals surface area contributed by atoms with Crippen LogP contribution in [0.15, 0.2) is 42.5 Å². The molecule has 0 N–H and O–H groups in total. The molecule has 138 valence electrons. The van der Waals surface area contributed by atoms with Crippen LogP contribution in [0.25, 0.3) is 11.0 Å². The van der Waals surface area contributed by atoms with Crippen molar-refractivity contribution < 1.29 is 4.74 Å². The molecule has 0 fully saturated rings. The van der Waals surface area contributed by atoms with Crippen LogP contribution in [0, 0.1) is 13.8 Å². The van der Waals surface area contributed by atoms with Crippen LogP contribution >= 0.6 is 0 Å². The highest BCUT2D eigenvalue weighted by atomic mass is 16.5. The summed E-state index contributed by atoms with van der Waals surface area (Å²) in [6, 6.07) is 14.7. The van der Waals surface area contributed by atoms with Gasteiger partial charge < -0.3 is 9.30 Å². The van der Waals surface area contributed by atoms with E-state index in [1.165, 1.54) is 16.6 Å². The zero-order chi connectivity index (χ0) is 18.7. The first-order valence-electron chi connectivity index (χ1n) is 9.52. The van der Waals surface area contributed by atoms with E-state index in [9.17, 15) is 0 Å². The topological polar surface area (TPSA) is 27.1 Å². The second kappa shape index (κ2) is 7.53. The van der Waals surface area contributed by atoms with Crippen molar-refractivity contribution in [3.05, 3.63) is 59.4 Å². The summed E-state index contributed by atoms with van der Waals surface area (Å²) >= 11 is 0. The first-order chi connectivity index (χ1) is 12.4. The van der Waals surface area contributed by atoms with E-state index in [0.717, 1.165) is 43.1 Å². The predicted molar refractivity (Wildman–Crippen MR) is 109 cm³/mol. The number of aryl methyl sites for hydroxylation is 3. The lowest BCUT2D eigenvalue weighted by atomic mass is 9.95. The standard InChI is InChI=1S/C23H30N2O/c1-17-12-13-19(16-18(17)2)26-15-9-8-14-25-21-11-7-6-10-20(21)24-22(25)23(3,4)5/h6-7,10-13,16H,8-9,14-15H2,1-5H3. The molecule has 0 saturated heterocycles. The average Bonchev–Trinajstić information content (AvgIpc) is 2.97. The van der Waals surface area contributed by atoms with Crippen LogP contribution < -0.4 is 4.74 Å². The summed E-state index contributed by atoms with van der Waals surface area (Å²) in [5.41, 5.74) is 4.94. The van der Waals surface area contributed by atoms with Gasteiger partial charge in [0.1, 0.15) is 11.6 Å². The van der Waals surface area contributed by atoms with Gasteiger partial charge in [0.05, 0.1) is 17.6 Å². The summed E-state index contributed by atoms with van der Waals surface area (Å²) in [5, 5.41) is 0. The SMILES string of the molecule is Cc1ccc(OCCCCn2c(C(C)(C)C)nc3ccccc32)cc1C. The predicted octanol–water partition coefficient (Wildman–Crippen LogP) is 5.81. The van der Waals surface area contributed by atoms with Gasteiger partial charge in [0.25, 0.3) is 0 Å². The van der Waals surface area contributed by atoms with Gasteiger partial charge in [-0.2, -0.15) is 0 Å². The number of rotatable bonds is 6. The molecule has 1 aromatic heterocycles. The van der Waals surface area contributed by atoms with Crippen molar-refractivity contribution in [2.75, 3.05) is 6.61 Å². The van der Waals surface area contributed by atoms with Crippen LogP contribution in [0.4, 0.5) is 0 Å². The van der Waals surface area contributed by atoms with E-state index in [2.05, 4.69) is 81.7 Å². The molecule has 0 aliphatic carbocycles. The summed E-state index contributed by atoms with van der Waals surface area (Å²) in [5.74, 6) is 2.13. The lowest BCUT2D eigenvalue weighted by Gasteiger charge is -2.20. The van der Waals surface area contributed by atoms with Crippen molar-refractivity contribution >= 4 is 11.0 Å². The van der Waals surface area contributed by atoms with Gasteiger partial charge in [-0.25, -0.2) is 4.98 Å². The first kappa shape index (κ1) is 18.5. The minimum Gasteiger partial charge on any atom is -0.494 e. The number of para-hydroxylation sites is 2. The maximum absolute atomic E-state index is 5.92. The number of unbranched alkanes of at least 4 members (excludes halogenated alkanes) is 1. The van der Waals surface area contributed by atoms with Gasteiger partial charge in [-0.3, -0.25) is 0 Å². The van der Waals surface area contributed by atoms with Crippen LogP contribution in [-0.4, -0.2) is 16.2 Å². The largest absolute Gasteiger partial charge is 0.494 e. The van der Waals surface area contributed by atoms with Gasteiger partial charge in [-0.15, -0.1) is 0 Å². The summed E-state index contributed by atoms with van der Waals surface area (Å²) < 4.78 is 8.30. The molecule has 0 atom stereocenters. The number of fused-ring (bicyclic) bond motifs is 1. The lowest BCUT2D eigenvalue weighted by molar-refractivity contribution is 0.302. The zero-order valence-electron chi connectivity index (χ0n) is 16.7. The summed E-state index contributed by atoms with van der Waals surface area (Å²) in [6.07, 6.45) is 2.11. The lowest BCUT2D eigenvalue weighted by Crippen LogP contribution is -2.19. The maximum atomic E-state index is 5.92. The molecule has 0 saturated carbocycles. The fourth-order valence-electron chi connectivity index (χ4n) is 3.24. The molecule has 0 aliphatic heterocycles. The third kappa shape index (κ3) is 4.09. The molecule has 1 heterocycles. The average molecular weight is 351 g/mol.